The van der Waals surface area contributed by atoms with Crippen molar-refractivity contribution in [3.05, 3.63) is 80.4 Å². The molecular weight excluding hydrogens is 416 g/mol. The highest BCUT2D eigenvalue weighted by atomic mass is 79.9. The summed E-state index contributed by atoms with van der Waals surface area (Å²) in [4.78, 5) is 12.9. The maximum Gasteiger partial charge on any atom is 0.195 e. The second kappa shape index (κ2) is 5.53. The number of hydrogen-bond acceptors (Lipinski definition) is 2. The fraction of sp³-hybridized carbons (Fsp3) is 0. The summed E-state index contributed by atoms with van der Waals surface area (Å²) in [7, 11) is 0. The lowest BCUT2D eigenvalue weighted by Gasteiger charge is -2.06. The Balaban J connectivity index is 1.94. The Hall–Kier alpha value is -1.94. The van der Waals surface area contributed by atoms with Crippen molar-refractivity contribution in [1.29, 1.82) is 0 Å². The van der Waals surface area contributed by atoms with Crippen LogP contribution < -0.4 is 5.43 Å². The first-order valence-corrected chi connectivity index (χ1v) is 9.76. The minimum absolute atomic E-state index is 0.0440. The highest BCUT2D eigenvalue weighted by Crippen LogP contribution is 2.32. The van der Waals surface area contributed by atoms with Crippen molar-refractivity contribution < 1.29 is 0 Å². The molecule has 25 heavy (non-hydrogen) atoms. The molecular formula is C21H10BrClOS. The Bertz CT molecular complexity index is 1390. The zero-order chi connectivity index (χ0) is 17.1. The fourth-order valence-electron chi connectivity index (χ4n) is 3.29. The van der Waals surface area contributed by atoms with E-state index in [4.69, 9.17) is 11.6 Å². The van der Waals surface area contributed by atoms with Gasteiger partial charge in [-0.1, -0.05) is 33.6 Å². The predicted octanol–water partition coefficient (Wildman–Crippen LogP) is 7.14. The van der Waals surface area contributed by atoms with E-state index in [0.29, 0.717) is 10.4 Å². The fourth-order valence-corrected chi connectivity index (χ4v) is 4.93. The molecule has 1 nitrogen and oxygen atoms in total. The minimum atomic E-state index is 0.0440. The highest BCUT2D eigenvalue weighted by Gasteiger charge is 2.09. The van der Waals surface area contributed by atoms with E-state index in [2.05, 4.69) is 46.3 Å². The quantitative estimate of drug-likeness (QED) is 0.241. The summed E-state index contributed by atoms with van der Waals surface area (Å²) < 4.78 is 3.02. The summed E-state index contributed by atoms with van der Waals surface area (Å²) >= 11 is 11.2. The van der Waals surface area contributed by atoms with Crippen LogP contribution in [0.15, 0.2) is 69.9 Å². The number of halogens is 2. The van der Waals surface area contributed by atoms with Gasteiger partial charge in [0.15, 0.2) is 5.43 Å². The van der Waals surface area contributed by atoms with Crippen LogP contribution in [0, 0.1) is 0 Å². The molecule has 0 aliphatic heterocycles. The third-order valence-electron chi connectivity index (χ3n) is 4.51. The number of fused-ring (bicyclic) bond motifs is 4. The van der Waals surface area contributed by atoms with E-state index in [1.807, 2.05) is 24.3 Å². The topological polar surface area (TPSA) is 17.1 Å². The van der Waals surface area contributed by atoms with Crippen molar-refractivity contribution in [3.63, 3.8) is 0 Å². The SMILES string of the molecule is O=c1c2cc(Cl)ccc2sc2cc3cc4ccc(Br)cc4cc3cc12. The molecule has 0 saturated carbocycles. The van der Waals surface area contributed by atoms with Crippen LogP contribution in [0.5, 0.6) is 0 Å². The van der Waals surface area contributed by atoms with E-state index in [0.717, 1.165) is 35.4 Å². The lowest BCUT2D eigenvalue weighted by atomic mass is 10.0. The van der Waals surface area contributed by atoms with E-state index in [-0.39, 0.29) is 5.43 Å². The van der Waals surface area contributed by atoms with Crippen LogP contribution in [-0.2, 0) is 0 Å². The molecule has 1 heterocycles. The van der Waals surface area contributed by atoms with Crippen molar-refractivity contribution in [2.75, 3.05) is 0 Å². The molecule has 0 saturated heterocycles. The van der Waals surface area contributed by atoms with E-state index in [1.54, 1.807) is 17.4 Å². The van der Waals surface area contributed by atoms with Crippen molar-refractivity contribution in [2.24, 2.45) is 0 Å². The van der Waals surface area contributed by atoms with Crippen molar-refractivity contribution in [2.45, 2.75) is 0 Å². The molecule has 0 atom stereocenters. The molecule has 0 amide bonds. The van der Waals surface area contributed by atoms with E-state index < -0.39 is 0 Å². The molecule has 5 rings (SSSR count). The third kappa shape index (κ3) is 2.46. The van der Waals surface area contributed by atoms with Crippen LogP contribution in [0.4, 0.5) is 0 Å². The van der Waals surface area contributed by atoms with Crippen LogP contribution in [0.1, 0.15) is 0 Å². The molecule has 0 aliphatic rings. The smallest absolute Gasteiger partial charge is 0.195 e. The Morgan fingerprint density at radius 3 is 2.32 bits per heavy atom. The van der Waals surface area contributed by atoms with E-state index in [9.17, 15) is 4.79 Å². The third-order valence-corrected chi connectivity index (χ3v) is 6.37. The summed E-state index contributed by atoms with van der Waals surface area (Å²) in [6.45, 7) is 0. The zero-order valence-electron chi connectivity index (χ0n) is 12.8. The van der Waals surface area contributed by atoms with E-state index in [1.165, 1.54) is 5.39 Å². The van der Waals surface area contributed by atoms with Gasteiger partial charge in [-0.3, -0.25) is 4.79 Å². The van der Waals surface area contributed by atoms with Gasteiger partial charge in [0.1, 0.15) is 0 Å². The van der Waals surface area contributed by atoms with Crippen LogP contribution in [0.2, 0.25) is 5.02 Å². The summed E-state index contributed by atoms with van der Waals surface area (Å²) in [5.41, 5.74) is 0.0440. The van der Waals surface area contributed by atoms with Gasteiger partial charge in [0.05, 0.1) is 0 Å². The lowest BCUT2D eigenvalue weighted by Crippen LogP contribution is -2.00. The molecule has 4 aromatic carbocycles. The average Bonchev–Trinajstić information content (AvgIpc) is 2.60. The molecule has 5 aromatic rings. The maximum absolute atomic E-state index is 12.9. The van der Waals surface area contributed by atoms with Crippen molar-refractivity contribution in [3.8, 4) is 0 Å². The lowest BCUT2D eigenvalue weighted by molar-refractivity contribution is 1.73. The molecule has 0 aliphatic carbocycles. The van der Waals surface area contributed by atoms with Crippen LogP contribution in [0.25, 0.3) is 41.7 Å². The zero-order valence-corrected chi connectivity index (χ0v) is 16.0. The van der Waals surface area contributed by atoms with E-state index >= 15 is 0 Å². The molecule has 0 bridgehead atoms. The van der Waals surface area contributed by atoms with Gasteiger partial charge in [-0.2, -0.15) is 0 Å². The van der Waals surface area contributed by atoms with Gasteiger partial charge in [-0.15, -0.1) is 11.3 Å². The predicted molar refractivity (Wildman–Crippen MR) is 113 cm³/mol. The van der Waals surface area contributed by atoms with Gasteiger partial charge in [-0.25, -0.2) is 0 Å². The largest absolute Gasteiger partial charge is 0.289 e. The van der Waals surface area contributed by atoms with Crippen LogP contribution in [0.3, 0.4) is 0 Å². The summed E-state index contributed by atoms with van der Waals surface area (Å²) in [5, 5.41) is 6.59. The molecule has 4 heteroatoms. The van der Waals surface area contributed by atoms with Gasteiger partial charge in [0, 0.05) is 29.7 Å². The second-order valence-corrected chi connectivity index (χ2v) is 8.55. The standard InChI is InChI=1S/C21H10BrClOS/c22-15-2-1-11-5-14-9-20-17(8-13(14)6-12(11)7-15)21(24)18-10-16(23)3-4-19(18)25-20/h1-10H. The molecule has 0 radical (unpaired) electrons. The molecule has 0 spiro atoms. The number of hydrogen-bond donors (Lipinski definition) is 0. The second-order valence-electron chi connectivity index (χ2n) is 6.11. The highest BCUT2D eigenvalue weighted by molar-refractivity contribution is 9.10. The first-order valence-electron chi connectivity index (χ1n) is 7.78. The molecule has 120 valence electrons. The Labute approximate surface area is 160 Å². The van der Waals surface area contributed by atoms with Gasteiger partial charge in [0.2, 0.25) is 0 Å². The minimum Gasteiger partial charge on any atom is -0.289 e. The van der Waals surface area contributed by atoms with Crippen LogP contribution >= 0.6 is 38.9 Å². The van der Waals surface area contributed by atoms with Gasteiger partial charge in [0.25, 0.3) is 0 Å². The summed E-state index contributed by atoms with van der Waals surface area (Å²) in [5.74, 6) is 0. The van der Waals surface area contributed by atoms with Gasteiger partial charge >= 0.3 is 0 Å². The van der Waals surface area contributed by atoms with Gasteiger partial charge < -0.3 is 0 Å². The van der Waals surface area contributed by atoms with Crippen molar-refractivity contribution >= 4 is 80.6 Å². The first-order chi connectivity index (χ1) is 12.1. The monoisotopic (exact) mass is 424 g/mol. The summed E-state index contributed by atoms with van der Waals surface area (Å²) in [6, 6.07) is 20.2. The summed E-state index contributed by atoms with van der Waals surface area (Å²) in [6.07, 6.45) is 0. The first kappa shape index (κ1) is 15.3. The molecule has 0 fully saturated rings. The Morgan fingerprint density at radius 1 is 0.720 bits per heavy atom. The van der Waals surface area contributed by atoms with Crippen LogP contribution in [-0.4, -0.2) is 0 Å². The van der Waals surface area contributed by atoms with Gasteiger partial charge in [-0.05, 0) is 76.1 Å². The normalized spacial score (nSPS) is 11.8. The Morgan fingerprint density at radius 2 is 1.44 bits per heavy atom. The maximum atomic E-state index is 12.9. The number of rotatable bonds is 0. The molecule has 1 aromatic heterocycles. The van der Waals surface area contributed by atoms with Crippen molar-refractivity contribution in [1.82, 2.24) is 0 Å². The Kier molecular flexibility index (Phi) is 3.39. The molecule has 0 N–H and O–H groups in total. The molecule has 0 unspecified atom stereocenters. The number of benzene rings is 4. The average molecular weight is 426 g/mol.